The highest BCUT2D eigenvalue weighted by Gasteiger charge is 2.10. The summed E-state index contributed by atoms with van der Waals surface area (Å²) >= 11 is 0. The molecule has 0 fully saturated rings. The molecule has 1 aromatic heterocycles. The van der Waals surface area contributed by atoms with E-state index in [9.17, 15) is 9.59 Å². The Hall–Kier alpha value is -1.39. The number of hydrogen-bond acceptors (Lipinski definition) is 3. The Morgan fingerprint density at radius 2 is 2.00 bits per heavy atom. The van der Waals surface area contributed by atoms with Gasteiger partial charge in [-0.15, -0.1) is 5.10 Å². The second kappa shape index (κ2) is 2.34. The van der Waals surface area contributed by atoms with Crippen molar-refractivity contribution in [1.82, 2.24) is 14.3 Å². The molecule has 1 heterocycles. The van der Waals surface area contributed by atoms with Crippen LogP contribution in [0.2, 0.25) is 0 Å². The van der Waals surface area contributed by atoms with Crippen molar-refractivity contribution in [2.45, 2.75) is 6.92 Å². The van der Waals surface area contributed by atoms with Gasteiger partial charge in [-0.2, -0.15) is 0 Å². The van der Waals surface area contributed by atoms with E-state index in [1.807, 2.05) is 0 Å². The van der Waals surface area contributed by atoms with E-state index in [2.05, 4.69) is 5.10 Å². The number of nitrogens with zero attached hydrogens (tertiary/aromatic N) is 3. The molecule has 0 atom stereocenters. The normalized spacial score (nSPS) is 10.1. The molecule has 5 nitrogen and oxygen atoms in total. The lowest BCUT2D eigenvalue weighted by molar-refractivity contribution is 0.0999. The van der Waals surface area contributed by atoms with Crippen molar-refractivity contribution in [2.24, 2.45) is 14.1 Å². The third kappa shape index (κ3) is 1.09. The van der Waals surface area contributed by atoms with Crippen LogP contribution < -0.4 is 5.69 Å². The minimum atomic E-state index is -0.282. The molecule has 0 aliphatic rings. The predicted octanol–water partition coefficient (Wildman–Crippen LogP) is -0.679. The summed E-state index contributed by atoms with van der Waals surface area (Å²) in [5, 5.41) is 3.73. The zero-order valence-electron chi connectivity index (χ0n) is 6.66. The van der Waals surface area contributed by atoms with E-state index in [1.165, 1.54) is 25.6 Å². The highest BCUT2D eigenvalue weighted by molar-refractivity contribution is 5.90. The Morgan fingerprint density at radius 1 is 1.45 bits per heavy atom. The van der Waals surface area contributed by atoms with Crippen LogP contribution in [0, 0.1) is 0 Å². The minimum Gasteiger partial charge on any atom is -0.291 e. The Bertz CT molecular complexity index is 347. The summed E-state index contributed by atoms with van der Waals surface area (Å²) in [7, 11) is 3.03. The first-order valence-corrected chi connectivity index (χ1v) is 3.15. The van der Waals surface area contributed by atoms with Crippen LogP contribution in [0.4, 0.5) is 0 Å². The van der Waals surface area contributed by atoms with E-state index < -0.39 is 0 Å². The lowest BCUT2D eigenvalue weighted by Gasteiger charge is -1.89. The zero-order chi connectivity index (χ0) is 8.59. The van der Waals surface area contributed by atoms with Crippen molar-refractivity contribution in [2.75, 3.05) is 0 Å². The molecule has 0 N–H and O–H groups in total. The zero-order valence-corrected chi connectivity index (χ0v) is 6.66. The van der Waals surface area contributed by atoms with Crippen LogP contribution in [0.25, 0.3) is 0 Å². The second-order valence-electron chi connectivity index (χ2n) is 2.34. The maximum atomic E-state index is 11.0. The summed E-state index contributed by atoms with van der Waals surface area (Å²) in [4.78, 5) is 21.8. The molecule has 0 aliphatic carbocycles. The monoisotopic (exact) mass is 155 g/mol. The largest absolute Gasteiger partial charge is 0.345 e. The number of hydrogen-bond donors (Lipinski definition) is 0. The van der Waals surface area contributed by atoms with Crippen molar-refractivity contribution < 1.29 is 4.79 Å². The van der Waals surface area contributed by atoms with Crippen molar-refractivity contribution in [3.05, 3.63) is 16.3 Å². The third-order valence-electron chi connectivity index (χ3n) is 1.44. The van der Waals surface area contributed by atoms with Gasteiger partial charge in [-0.05, 0) is 0 Å². The van der Waals surface area contributed by atoms with Crippen LogP contribution in [0.15, 0.2) is 4.79 Å². The van der Waals surface area contributed by atoms with Gasteiger partial charge < -0.3 is 0 Å². The minimum absolute atomic E-state index is 0.192. The number of carbonyl (C=O) groups excluding carboxylic acids is 1. The molecule has 0 saturated heterocycles. The Morgan fingerprint density at radius 3 is 2.18 bits per heavy atom. The van der Waals surface area contributed by atoms with Crippen LogP contribution in [-0.4, -0.2) is 20.1 Å². The van der Waals surface area contributed by atoms with E-state index in [4.69, 9.17) is 0 Å². The predicted molar refractivity (Wildman–Crippen MR) is 38.5 cm³/mol. The van der Waals surface area contributed by atoms with Crippen molar-refractivity contribution in [1.29, 1.82) is 0 Å². The summed E-state index contributed by atoms with van der Waals surface area (Å²) in [6.07, 6.45) is 0. The molecule has 0 spiro atoms. The fourth-order valence-electron chi connectivity index (χ4n) is 0.866. The molecule has 0 aromatic carbocycles. The lowest BCUT2D eigenvalue weighted by atomic mass is 10.4. The number of ketones is 1. The van der Waals surface area contributed by atoms with Gasteiger partial charge >= 0.3 is 5.69 Å². The number of aromatic nitrogens is 3. The highest BCUT2D eigenvalue weighted by Crippen LogP contribution is 1.88. The first kappa shape index (κ1) is 7.71. The van der Waals surface area contributed by atoms with Crippen LogP contribution in [0.5, 0.6) is 0 Å². The van der Waals surface area contributed by atoms with Gasteiger partial charge in [0, 0.05) is 21.0 Å². The maximum Gasteiger partial charge on any atom is 0.345 e. The van der Waals surface area contributed by atoms with E-state index >= 15 is 0 Å². The molecule has 0 bridgehead atoms. The second-order valence-corrected chi connectivity index (χ2v) is 2.34. The smallest absolute Gasteiger partial charge is 0.291 e. The van der Waals surface area contributed by atoms with Crippen molar-refractivity contribution in [3.8, 4) is 0 Å². The summed E-state index contributed by atoms with van der Waals surface area (Å²) < 4.78 is 2.36. The van der Waals surface area contributed by atoms with Gasteiger partial charge in [-0.3, -0.25) is 9.36 Å². The van der Waals surface area contributed by atoms with Gasteiger partial charge in [0.15, 0.2) is 11.6 Å². The van der Waals surface area contributed by atoms with E-state index in [0.717, 1.165) is 4.68 Å². The molecule has 1 aromatic rings. The van der Waals surface area contributed by atoms with E-state index in [1.54, 1.807) is 0 Å². The molecule has 0 unspecified atom stereocenters. The molecular weight excluding hydrogens is 146 g/mol. The Labute approximate surface area is 63.3 Å². The summed E-state index contributed by atoms with van der Waals surface area (Å²) in [5.74, 6) is -0.0114. The van der Waals surface area contributed by atoms with Gasteiger partial charge in [0.2, 0.25) is 0 Å². The van der Waals surface area contributed by atoms with Gasteiger partial charge in [-0.1, -0.05) is 0 Å². The molecule has 11 heavy (non-hydrogen) atoms. The fourth-order valence-corrected chi connectivity index (χ4v) is 0.866. The van der Waals surface area contributed by atoms with E-state index in [-0.39, 0.29) is 17.3 Å². The summed E-state index contributed by atoms with van der Waals surface area (Å²) in [6, 6.07) is 0. The van der Waals surface area contributed by atoms with Gasteiger partial charge in [-0.25, -0.2) is 9.48 Å². The molecular formula is C6H9N3O2. The topological polar surface area (TPSA) is 56.9 Å². The molecule has 0 saturated carbocycles. The Balaban J connectivity index is 3.42. The van der Waals surface area contributed by atoms with Crippen LogP contribution in [-0.2, 0) is 14.1 Å². The molecule has 5 heteroatoms. The van der Waals surface area contributed by atoms with Crippen molar-refractivity contribution in [3.63, 3.8) is 0 Å². The SMILES string of the molecule is CC(=O)c1nn(C)c(=O)n1C. The summed E-state index contributed by atoms with van der Waals surface area (Å²) in [5.41, 5.74) is -0.282. The Kier molecular flexibility index (Phi) is 1.64. The quantitative estimate of drug-likeness (QED) is 0.505. The standard InChI is InChI=1S/C6H9N3O2/c1-4(10)5-7-9(3)6(11)8(5)2/h1-3H3. The summed E-state index contributed by atoms with van der Waals surface area (Å²) in [6.45, 7) is 1.38. The molecule has 0 radical (unpaired) electrons. The molecule has 0 aliphatic heterocycles. The third-order valence-corrected chi connectivity index (χ3v) is 1.44. The lowest BCUT2D eigenvalue weighted by Crippen LogP contribution is -2.21. The number of Topliss-reactive ketones (excluding diaryl/α,β-unsaturated/α-hetero) is 1. The number of carbonyl (C=O) groups is 1. The van der Waals surface area contributed by atoms with Crippen molar-refractivity contribution >= 4 is 5.78 Å². The van der Waals surface area contributed by atoms with Gasteiger partial charge in [0.05, 0.1) is 0 Å². The number of rotatable bonds is 1. The first-order valence-electron chi connectivity index (χ1n) is 3.15. The van der Waals surface area contributed by atoms with E-state index in [0.29, 0.717) is 0 Å². The fraction of sp³-hybridized carbons (Fsp3) is 0.500. The molecule has 60 valence electrons. The maximum absolute atomic E-state index is 11.0. The first-order chi connectivity index (χ1) is 5.04. The van der Waals surface area contributed by atoms with Gasteiger partial charge in [0.1, 0.15) is 0 Å². The molecule has 1 rings (SSSR count). The number of aryl methyl sites for hydroxylation is 1. The molecule has 0 amide bonds. The average molecular weight is 155 g/mol. The highest BCUT2D eigenvalue weighted by atomic mass is 16.2. The van der Waals surface area contributed by atoms with Crippen LogP contribution in [0.1, 0.15) is 17.5 Å². The van der Waals surface area contributed by atoms with Crippen LogP contribution in [0.3, 0.4) is 0 Å². The van der Waals surface area contributed by atoms with Gasteiger partial charge in [0.25, 0.3) is 0 Å². The van der Waals surface area contributed by atoms with Crippen LogP contribution >= 0.6 is 0 Å². The average Bonchev–Trinajstić information content (AvgIpc) is 2.17.